The number of piperidine rings is 1. The number of imide groups is 2. The van der Waals surface area contributed by atoms with Gasteiger partial charge in [-0.1, -0.05) is 0 Å². The first-order valence-electron chi connectivity index (χ1n) is 23.0. The molecule has 1 saturated carbocycles. The fourth-order valence-electron chi connectivity index (χ4n) is 11.0. The number of hydrogen-bond acceptors (Lipinski definition) is 13. The Morgan fingerprint density at radius 1 is 0.818 bits per heavy atom. The molecule has 18 heteroatoms. The van der Waals surface area contributed by atoms with Gasteiger partial charge < -0.3 is 23.8 Å². The molecule has 2 N–H and O–H groups in total. The van der Waals surface area contributed by atoms with Gasteiger partial charge in [-0.05, 0) is 93.0 Å². The smallest absolute Gasteiger partial charge is 0.262 e. The molecule has 1 aliphatic carbocycles. The minimum absolute atomic E-state index is 0.0811. The second kappa shape index (κ2) is 16.6. The lowest BCUT2D eigenvalue weighted by Crippen LogP contribution is -2.59. The van der Waals surface area contributed by atoms with E-state index in [0.717, 1.165) is 97.9 Å². The maximum absolute atomic E-state index is 14.0. The van der Waals surface area contributed by atoms with Crippen LogP contribution in [-0.4, -0.2) is 135 Å². The number of pyridine rings is 1. The topological polar surface area (TPSA) is 189 Å². The summed E-state index contributed by atoms with van der Waals surface area (Å²) in [6.07, 6.45) is 5.07. The quantitative estimate of drug-likeness (QED) is 0.224. The minimum atomic E-state index is -0.990. The van der Waals surface area contributed by atoms with Crippen LogP contribution in [0.15, 0.2) is 54.7 Å². The van der Waals surface area contributed by atoms with Crippen molar-refractivity contribution in [3.63, 3.8) is 0 Å². The summed E-state index contributed by atoms with van der Waals surface area (Å²) in [7, 11) is 3.61. The van der Waals surface area contributed by atoms with E-state index in [-0.39, 0.29) is 30.4 Å². The van der Waals surface area contributed by atoms with E-state index in [4.69, 9.17) is 19.4 Å². The number of aryl methyl sites for hydroxylation is 2. The fraction of sp³-hybridized carbons (Fsp3) is 0.458. The molecule has 0 radical (unpaired) electrons. The Hall–Kier alpha value is -6.66. The monoisotopic (exact) mass is 895 g/mol. The number of hydrogen-bond donors (Lipinski definition) is 2. The second-order valence-corrected chi connectivity index (χ2v) is 18.9. The predicted molar refractivity (Wildman–Crippen MR) is 243 cm³/mol. The second-order valence-electron chi connectivity index (χ2n) is 18.9. The van der Waals surface area contributed by atoms with E-state index in [0.29, 0.717) is 65.3 Å². The van der Waals surface area contributed by atoms with Crippen LogP contribution in [-0.2, 0) is 27.9 Å². The molecule has 2 aromatic carbocycles. The number of nitrogens with zero attached hydrogens (tertiary/aromatic N) is 9. The Morgan fingerprint density at radius 2 is 1.62 bits per heavy atom. The average Bonchev–Trinajstić information content (AvgIpc) is 4.05. The van der Waals surface area contributed by atoms with Gasteiger partial charge in [0.1, 0.15) is 6.04 Å². The van der Waals surface area contributed by atoms with E-state index in [9.17, 15) is 24.0 Å². The van der Waals surface area contributed by atoms with Gasteiger partial charge in [0.05, 0.1) is 58.9 Å². The van der Waals surface area contributed by atoms with Crippen molar-refractivity contribution in [1.29, 1.82) is 0 Å². The van der Waals surface area contributed by atoms with Crippen molar-refractivity contribution in [3.8, 4) is 17.1 Å². The van der Waals surface area contributed by atoms with Gasteiger partial charge in [0.25, 0.3) is 17.7 Å². The number of anilines is 3. The number of rotatable bonds is 7. The van der Waals surface area contributed by atoms with Crippen LogP contribution in [0.25, 0.3) is 22.3 Å². The van der Waals surface area contributed by atoms with Crippen LogP contribution in [0.5, 0.6) is 5.88 Å². The zero-order valence-corrected chi connectivity index (χ0v) is 37.4. The van der Waals surface area contributed by atoms with Crippen LogP contribution in [0.1, 0.15) is 68.9 Å². The molecule has 4 atom stereocenters. The van der Waals surface area contributed by atoms with Crippen LogP contribution in [0, 0.1) is 24.7 Å². The molecule has 5 amide bonds. The molecule has 342 valence electrons. The lowest BCUT2D eigenvalue weighted by atomic mass is 9.96. The molecule has 5 aromatic rings. The molecule has 4 fully saturated rings. The minimum Gasteiger partial charge on any atom is -0.477 e. The van der Waals surface area contributed by atoms with Gasteiger partial charge in [-0.15, -0.1) is 0 Å². The first-order chi connectivity index (χ1) is 32.0. The zero-order valence-electron chi connectivity index (χ0n) is 37.4. The van der Waals surface area contributed by atoms with Crippen LogP contribution in [0.4, 0.5) is 17.3 Å². The van der Waals surface area contributed by atoms with Crippen LogP contribution in [0.3, 0.4) is 0 Å². The first kappa shape index (κ1) is 42.0. The maximum Gasteiger partial charge on any atom is 0.262 e. The van der Waals surface area contributed by atoms with Crippen molar-refractivity contribution >= 4 is 57.9 Å². The number of carbonyl (C=O) groups is 5. The molecular weight excluding hydrogens is 843 g/mol. The Morgan fingerprint density at radius 3 is 2.45 bits per heavy atom. The van der Waals surface area contributed by atoms with Gasteiger partial charge in [-0.25, -0.2) is 9.67 Å². The van der Waals surface area contributed by atoms with Gasteiger partial charge in [0, 0.05) is 94.9 Å². The number of carbonyl (C=O) groups excluding carboxylic acids is 5. The number of nitrogens with one attached hydrogen (secondary N) is 2. The number of fused-ring (bicyclic) bond motifs is 10. The van der Waals surface area contributed by atoms with E-state index in [1.54, 1.807) is 42.3 Å². The van der Waals surface area contributed by atoms with Gasteiger partial charge >= 0.3 is 0 Å². The number of benzene rings is 2. The summed E-state index contributed by atoms with van der Waals surface area (Å²) >= 11 is 0. The molecule has 1 unspecified atom stereocenters. The van der Waals surface area contributed by atoms with E-state index in [1.807, 2.05) is 20.0 Å². The number of imidazole rings is 1. The third-order valence-electron chi connectivity index (χ3n) is 14.4. The molecular formula is C48H53N11O7. The Balaban J connectivity index is 0.781. The molecule has 3 aromatic heterocycles. The lowest BCUT2D eigenvalue weighted by Gasteiger charge is -2.47. The normalized spacial score (nSPS) is 23.7. The Labute approximate surface area is 381 Å². The van der Waals surface area contributed by atoms with Crippen molar-refractivity contribution in [2.45, 2.75) is 57.7 Å². The maximum atomic E-state index is 14.0. The highest BCUT2D eigenvalue weighted by atomic mass is 16.5. The number of piperazine rings is 1. The standard InChI is InChI=1S/C48H53N11O7/c1-27-14-31-16-39(50-27)37-19-49-54(2)47(37)66-25-29-5-4-28(15-29)23-58-41-18-33(7-9-38(41)51-48(58)53-43(31)61)56-13-12-55(34(24-56)26-65-3)20-30-21-57(22-30)32-6-8-35-36(17-32)46(64)59(45(35)63)40-10-11-42(60)52-44(40)62/h6-9,14,16-19,28-30,34,40H,4-5,10-13,15,20-26H2,1-3H3,(H,51,53,61)(H,52,60,62)/t28-,29+,34+,40?/m1/s1. The number of ether oxygens (including phenoxy) is 2. The third-order valence-corrected chi connectivity index (χ3v) is 14.4. The number of methoxy groups -OCH3 is 1. The van der Waals surface area contributed by atoms with Gasteiger partial charge in [-0.3, -0.25) is 49.4 Å². The van der Waals surface area contributed by atoms with E-state index in [2.05, 4.69) is 53.2 Å². The largest absolute Gasteiger partial charge is 0.477 e. The molecule has 0 spiro atoms. The highest BCUT2D eigenvalue weighted by molar-refractivity contribution is 6.23. The van der Waals surface area contributed by atoms with Crippen LogP contribution >= 0.6 is 0 Å². The summed E-state index contributed by atoms with van der Waals surface area (Å²) in [6.45, 7) is 8.75. The summed E-state index contributed by atoms with van der Waals surface area (Å²) in [5, 5.41) is 9.91. The molecule has 6 aliphatic rings. The molecule has 4 bridgehead atoms. The summed E-state index contributed by atoms with van der Waals surface area (Å²) in [4.78, 5) is 83.0. The van der Waals surface area contributed by atoms with Crippen molar-refractivity contribution in [2.24, 2.45) is 24.8 Å². The number of amides is 5. The Bertz CT molecular complexity index is 2810. The van der Waals surface area contributed by atoms with Crippen molar-refractivity contribution in [3.05, 3.63) is 77.1 Å². The molecule has 5 aliphatic heterocycles. The molecule has 66 heavy (non-hydrogen) atoms. The SMILES string of the molecule is COC[C@@H]1CN(c2ccc3nc4n(c3c2)C[C@@H]2CC[C@H](COc3c(cnn3C)-c3cc(cc(C)n3)C(=O)N4)C2)CCN1CC1CN(c2ccc3c(c2)C(=O)N(C2CCC(=O)NC2=O)C3=O)C1. The summed E-state index contributed by atoms with van der Waals surface area (Å²) in [5.41, 5.74) is 6.95. The average molecular weight is 896 g/mol. The summed E-state index contributed by atoms with van der Waals surface area (Å²) < 4.78 is 16.2. The van der Waals surface area contributed by atoms with Gasteiger partial charge in [-0.2, -0.15) is 5.10 Å². The summed E-state index contributed by atoms with van der Waals surface area (Å²) in [6, 6.07) is 14.5. The van der Waals surface area contributed by atoms with Gasteiger partial charge in [0.15, 0.2) is 0 Å². The van der Waals surface area contributed by atoms with Crippen molar-refractivity contribution in [1.82, 2.24) is 39.4 Å². The highest BCUT2D eigenvalue weighted by Gasteiger charge is 2.45. The lowest BCUT2D eigenvalue weighted by molar-refractivity contribution is -0.136. The molecule has 18 nitrogen and oxygen atoms in total. The van der Waals surface area contributed by atoms with E-state index >= 15 is 0 Å². The van der Waals surface area contributed by atoms with E-state index in [1.165, 1.54) is 0 Å². The van der Waals surface area contributed by atoms with Crippen LogP contribution < -0.4 is 25.2 Å². The number of aromatic nitrogens is 5. The third kappa shape index (κ3) is 7.54. The van der Waals surface area contributed by atoms with Crippen molar-refractivity contribution in [2.75, 3.05) is 74.7 Å². The zero-order chi connectivity index (χ0) is 45.4. The van der Waals surface area contributed by atoms with Crippen molar-refractivity contribution < 1.29 is 33.4 Å². The van der Waals surface area contributed by atoms with Crippen LogP contribution in [0.2, 0.25) is 0 Å². The molecule has 11 rings (SSSR count). The fourth-order valence-corrected chi connectivity index (χ4v) is 11.0. The highest BCUT2D eigenvalue weighted by Crippen LogP contribution is 2.38. The summed E-state index contributed by atoms with van der Waals surface area (Å²) in [5.74, 6) is 0.0974. The molecule has 3 saturated heterocycles. The predicted octanol–water partition coefficient (Wildman–Crippen LogP) is 3.88. The van der Waals surface area contributed by atoms with E-state index < -0.39 is 29.7 Å². The van der Waals surface area contributed by atoms with Gasteiger partial charge in [0.2, 0.25) is 23.6 Å². The first-order valence-corrected chi connectivity index (χ1v) is 23.0. The Kier molecular flexibility index (Phi) is 10.6. The molecule has 8 heterocycles.